The van der Waals surface area contributed by atoms with Gasteiger partial charge in [0.2, 0.25) is 10.0 Å². The average Bonchev–Trinajstić information content (AvgIpc) is 2.94. The van der Waals surface area contributed by atoms with E-state index in [2.05, 4.69) is 0 Å². The highest BCUT2D eigenvalue weighted by Crippen LogP contribution is 2.34. The third-order valence-corrected chi connectivity index (χ3v) is 5.56. The van der Waals surface area contributed by atoms with Gasteiger partial charge in [0.25, 0.3) is 0 Å². The number of carbonyl (C=O) groups is 1. The molecular weight excluding hydrogens is 286 g/mol. The molecule has 0 saturated carbocycles. The second-order valence-corrected chi connectivity index (χ2v) is 6.82. The Hall–Kier alpha value is -1.38. The summed E-state index contributed by atoms with van der Waals surface area (Å²) in [5, 5.41) is 9.33. The third-order valence-electron chi connectivity index (χ3n) is 3.69. The van der Waals surface area contributed by atoms with Gasteiger partial charge >= 0.3 is 5.97 Å². The normalized spacial score (nSPS) is 19.9. The van der Waals surface area contributed by atoms with Gasteiger partial charge in [-0.2, -0.15) is 4.31 Å². The number of furan rings is 1. The topological polar surface area (TPSA) is 97.0 Å². The number of sulfonamides is 1. The van der Waals surface area contributed by atoms with Crippen LogP contribution in [0.5, 0.6) is 0 Å². The summed E-state index contributed by atoms with van der Waals surface area (Å²) in [7, 11) is -2.16. The van der Waals surface area contributed by atoms with Crippen molar-refractivity contribution < 1.29 is 27.5 Å². The van der Waals surface area contributed by atoms with Crippen LogP contribution in [0.1, 0.15) is 12.8 Å². The first-order valence-electron chi connectivity index (χ1n) is 6.17. The Bertz CT molecular complexity index is 557. The van der Waals surface area contributed by atoms with Gasteiger partial charge in [-0.15, -0.1) is 0 Å². The Labute approximate surface area is 117 Å². The van der Waals surface area contributed by atoms with Gasteiger partial charge in [-0.1, -0.05) is 0 Å². The fourth-order valence-corrected chi connectivity index (χ4v) is 3.76. The quantitative estimate of drug-likeness (QED) is 0.863. The minimum absolute atomic E-state index is 0.0852. The molecule has 0 atom stereocenters. The van der Waals surface area contributed by atoms with Gasteiger partial charge in [-0.25, -0.2) is 8.42 Å². The van der Waals surface area contributed by atoms with Crippen LogP contribution < -0.4 is 0 Å². The van der Waals surface area contributed by atoms with E-state index in [0.29, 0.717) is 0 Å². The van der Waals surface area contributed by atoms with E-state index in [1.54, 1.807) is 0 Å². The van der Waals surface area contributed by atoms with Crippen LogP contribution in [0.25, 0.3) is 0 Å². The van der Waals surface area contributed by atoms with Crippen LogP contribution in [0.3, 0.4) is 0 Å². The van der Waals surface area contributed by atoms with E-state index in [0.717, 1.165) is 0 Å². The fraction of sp³-hybridized carbons (Fsp3) is 0.583. The molecule has 0 unspecified atom stereocenters. The molecule has 0 spiro atoms. The largest absolute Gasteiger partial charge is 0.481 e. The number of piperidine rings is 1. The predicted molar refractivity (Wildman–Crippen MR) is 68.6 cm³/mol. The van der Waals surface area contributed by atoms with Gasteiger partial charge in [-0.3, -0.25) is 4.79 Å². The Kier molecular flexibility index (Phi) is 4.17. The standard InChI is InChI=1S/C12H17NO6S/c1-18-9-12(11(14)15)3-5-13(6-4-12)20(16,17)10-2-7-19-8-10/h2,7-8H,3-6,9H2,1H3,(H,14,15). The van der Waals surface area contributed by atoms with E-state index in [1.165, 1.54) is 30.0 Å². The Morgan fingerprint density at radius 1 is 1.50 bits per heavy atom. The molecule has 1 fully saturated rings. The molecule has 1 aliphatic rings. The molecule has 20 heavy (non-hydrogen) atoms. The Balaban J connectivity index is 2.13. The zero-order valence-corrected chi connectivity index (χ0v) is 11.9. The molecule has 0 bridgehead atoms. The number of rotatable bonds is 5. The molecule has 1 N–H and O–H groups in total. The smallest absolute Gasteiger partial charge is 0.312 e. The van der Waals surface area contributed by atoms with Crippen molar-refractivity contribution in [3.63, 3.8) is 0 Å². The van der Waals surface area contributed by atoms with Crippen LogP contribution in [-0.4, -0.2) is 50.6 Å². The van der Waals surface area contributed by atoms with Crippen LogP contribution in [-0.2, 0) is 19.6 Å². The molecule has 2 rings (SSSR count). The molecular formula is C12H17NO6S. The molecule has 7 nitrogen and oxygen atoms in total. The van der Waals surface area contributed by atoms with Crippen molar-refractivity contribution in [3.8, 4) is 0 Å². The van der Waals surface area contributed by atoms with Crippen LogP contribution >= 0.6 is 0 Å². The molecule has 1 aliphatic heterocycles. The first-order valence-corrected chi connectivity index (χ1v) is 7.61. The van der Waals surface area contributed by atoms with Crippen molar-refractivity contribution >= 4 is 16.0 Å². The molecule has 112 valence electrons. The number of ether oxygens (including phenoxy) is 1. The van der Waals surface area contributed by atoms with Gasteiger partial charge in [0.15, 0.2) is 0 Å². The summed E-state index contributed by atoms with van der Waals surface area (Å²) in [6.07, 6.45) is 2.92. The number of hydrogen-bond acceptors (Lipinski definition) is 5. The van der Waals surface area contributed by atoms with Crippen LogP contribution in [0.15, 0.2) is 27.9 Å². The third kappa shape index (κ3) is 2.58. The van der Waals surface area contributed by atoms with Crippen LogP contribution in [0.2, 0.25) is 0 Å². The second-order valence-electron chi connectivity index (χ2n) is 4.88. The lowest BCUT2D eigenvalue weighted by Crippen LogP contribution is -2.48. The first-order chi connectivity index (χ1) is 9.42. The average molecular weight is 303 g/mol. The molecule has 0 aromatic carbocycles. The van der Waals surface area contributed by atoms with Gasteiger partial charge in [0.1, 0.15) is 11.2 Å². The highest BCUT2D eigenvalue weighted by atomic mass is 32.2. The molecule has 0 amide bonds. The summed E-state index contributed by atoms with van der Waals surface area (Å²) in [5.74, 6) is -0.945. The molecule has 1 aromatic rings. The van der Waals surface area contributed by atoms with Gasteiger partial charge < -0.3 is 14.3 Å². The zero-order chi connectivity index (χ0) is 14.8. The maximum atomic E-state index is 12.3. The molecule has 1 aromatic heterocycles. The molecule has 8 heteroatoms. The maximum Gasteiger partial charge on any atom is 0.312 e. The lowest BCUT2D eigenvalue weighted by molar-refractivity contribution is -0.155. The van der Waals surface area contributed by atoms with E-state index in [-0.39, 0.29) is 37.4 Å². The fourth-order valence-electron chi connectivity index (χ4n) is 2.40. The van der Waals surface area contributed by atoms with Crippen molar-refractivity contribution in [2.75, 3.05) is 26.8 Å². The van der Waals surface area contributed by atoms with E-state index < -0.39 is 21.4 Å². The van der Waals surface area contributed by atoms with E-state index in [4.69, 9.17) is 9.15 Å². The van der Waals surface area contributed by atoms with Crippen molar-refractivity contribution in [1.29, 1.82) is 0 Å². The lowest BCUT2D eigenvalue weighted by atomic mass is 9.80. The van der Waals surface area contributed by atoms with E-state index in [1.807, 2.05) is 0 Å². The van der Waals surface area contributed by atoms with E-state index in [9.17, 15) is 18.3 Å². The molecule has 0 aliphatic carbocycles. The minimum Gasteiger partial charge on any atom is -0.481 e. The van der Waals surface area contributed by atoms with Gasteiger partial charge in [-0.05, 0) is 18.9 Å². The summed E-state index contributed by atoms with van der Waals surface area (Å²) in [4.78, 5) is 11.5. The molecule has 2 heterocycles. The van der Waals surface area contributed by atoms with Gasteiger partial charge in [0, 0.05) is 20.2 Å². The number of aliphatic carboxylic acids is 1. The number of methoxy groups -OCH3 is 1. The van der Waals surface area contributed by atoms with Crippen LogP contribution in [0, 0.1) is 5.41 Å². The Morgan fingerprint density at radius 3 is 2.60 bits per heavy atom. The summed E-state index contributed by atoms with van der Waals surface area (Å²) in [5.41, 5.74) is -1.00. The van der Waals surface area contributed by atoms with Crippen molar-refractivity contribution in [1.82, 2.24) is 4.31 Å². The lowest BCUT2D eigenvalue weighted by Gasteiger charge is -2.37. The molecule has 1 saturated heterocycles. The second kappa shape index (κ2) is 5.55. The number of carboxylic acid groups (broad SMARTS) is 1. The van der Waals surface area contributed by atoms with Gasteiger partial charge in [0.05, 0.1) is 18.3 Å². The minimum atomic E-state index is -3.60. The Morgan fingerprint density at radius 2 is 2.15 bits per heavy atom. The summed E-state index contributed by atoms with van der Waals surface area (Å²) in [6, 6.07) is 1.38. The summed E-state index contributed by atoms with van der Waals surface area (Å²) < 4.78 is 35.6. The first kappa shape index (κ1) is 15.0. The number of nitrogens with zero attached hydrogens (tertiary/aromatic N) is 1. The highest BCUT2D eigenvalue weighted by Gasteiger charge is 2.44. The molecule has 0 radical (unpaired) electrons. The number of hydrogen-bond donors (Lipinski definition) is 1. The SMILES string of the molecule is COCC1(C(=O)O)CCN(S(=O)(=O)c2ccoc2)CC1. The van der Waals surface area contributed by atoms with Crippen LogP contribution in [0.4, 0.5) is 0 Å². The van der Waals surface area contributed by atoms with Crippen molar-refractivity contribution in [2.24, 2.45) is 5.41 Å². The van der Waals surface area contributed by atoms with E-state index >= 15 is 0 Å². The summed E-state index contributed by atoms with van der Waals surface area (Å²) >= 11 is 0. The predicted octanol–water partition coefficient (Wildman–Crippen LogP) is 0.781. The zero-order valence-electron chi connectivity index (χ0n) is 11.1. The highest BCUT2D eigenvalue weighted by molar-refractivity contribution is 7.89. The monoisotopic (exact) mass is 303 g/mol. The summed E-state index contributed by atoms with van der Waals surface area (Å²) in [6.45, 7) is 0.397. The van der Waals surface area contributed by atoms with Crippen molar-refractivity contribution in [3.05, 3.63) is 18.6 Å². The maximum absolute atomic E-state index is 12.3. The van der Waals surface area contributed by atoms with Crippen molar-refractivity contribution in [2.45, 2.75) is 17.7 Å². The number of carboxylic acids is 1.